The first-order valence-electron chi connectivity index (χ1n) is 6.95. The predicted octanol–water partition coefficient (Wildman–Crippen LogP) is 2.88. The number of carbonyl (C=O) groups is 1. The molecule has 0 unspecified atom stereocenters. The molecule has 0 saturated carbocycles. The maximum absolute atomic E-state index is 12.1. The molecular weight excluding hydrogens is 280 g/mol. The minimum Gasteiger partial charge on any atom is -0.454 e. The second-order valence-electron chi connectivity index (χ2n) is 5.02. The molecule has 1 aliphatic heterocycles. The molecule has 0 aliphatic carbocycles. The molecule has 0 bridgehead atoms. The number of amides is 1. The van der Waals surface area contributed by atoms with Crippen molar-refractivity contribution in [2.75, 3.05) is 6.79 Å². The Labute approximate surface area is 128 Å². The molecule has 2 aromatic rings. The summed E-state index contributed by atoms with van der Waals surface area (Å²) in [7, 11) is 0. The number of ether oxygens (including phenoxy) is 2. The maximum atomic E-state index is 12.1. The molecule has 1 heterocycles. The van der Waals surface area contributed by atoms with Crippen LogP contribution in [0.4, 0.5) is 0 Å². The van der Waals surface area contributed by atoms with Crippen molar-refractivity contribution >= 4 is 11.6 Å². The van der Waals surface area contributed by atoms with Gasteiger partial charge >= 0.3 is 0 Å². The number of fused-ring (bicyclic) bond motifs is 1. The first-order chi connectivity index (χ1) is 10.6. The van der Waals surface area contributed by atoms with E-state index >= 15 is 0 Å². The molecule has 0 aromatic heterocycles. The highest BCUT2D eigenvalue weighted by Crippen LogP contribution is 2.32. The van der Waals surface area contributed by atoms with Crippen molar-refractivity contribution < 1.29 is 14.3 Å². The van der Waals surface area contributed by atoms with Gasteiger partial charge in [0.15, 0.2) is 11.5 Å². The van der Waals surface area contributed by atoms with Gasteiger partial charge in [-0.1, -0.05) is 18.2 Å². The third-order valence-corrected chi connectivity index (χ3v) is 3.51. The first kappa shape index (κ1) is 14.1. The van der Waals surface area contributed by atoms with Crippen molar-refractivity contribution in [3.05, 3.63) is 59.2 Å². The van der Waals surface area contributed by atoms with Crippen molar-refractivity contribution in [2.24, 2.45) is 5.10 Å². The Morgan fingerprint density at radius 2 is 1.91 bits per heavy atom. The van der Waals surface area contributed by atoms with Gasteiger partial charge in [0, 0.05) is 11.1 Å². The van der Waals surface area contributed by atoms with Crippen LogP contribution in [-0.2, 0) is 0 Å². The Hall–Kier alpha value is -2.82. The van der Waals surface area contributed by atoms with Crippen LogP contribution >= 0.6 is 0 Å². The largest absolute Gasteiger partial charge is 0.454 e. The molecule has 0 fully saturated rings. The third kappa shape index (κ3) is 2.79. The van der Waals surface area contributed by atoms with Crippen molar-refractivity contribution in [3.63, 3.8) is 0 Å². The van der Waals surface area contributed by atoms with Crippen LogP contribution in [0.2, 0.25) is 0 Å². The minimum absolute atomic E-state index is 0.224. The highest BCUT2D eigenvalue weighted by atomic mass is 16.7. The van der Waals surface area contributed by atoms with E-state index in [2.05, 4.69) is 10.5 Å². The van der Waals surface area contributed by atoms with Gasteiger partial charge in [0.1, 0.15) is 0 Å². The van der Waals surface area contributed by atoms with Crippen LogP contribution in [0.25, 0.3) is 0 Å². The number of nitrogens with zero attached hydrogens (tertiary/aromatic N) is 1. The van der Waals surface area contributed by atoms with Crippen molar-refractivity contribution in [1.29, 1.82) is 0 Å². The van der Waals surface area contributed by atoms with E-state index in [1.165, 1.54) is 0 Å². The van der Waals surface area contributed by atoms with Crippen molar-refractivity contribution in [3.8, 4) is 11.5 Å². The number of carbonyl (C=O) groups excluding carboxylic acids is 1. The second kappa shape index (κ2) is 5.89. The molecule has 2 aromatic carbocycles. The summed E-state index contributed by atoms with van der Waals surface area (Å²) in [6.07, 6.45) is 0. The van der Waals surface area contributed by atoms with Crippen LogP contribution in [0.3, 0.4) is 0 Å². The lowest BCUT2D eigenvalue weighted by Crippen LogP contribution is -2.20. The standard InChI is InChI=1S/C17H16N2O3/c1-11-5-3-4-6-14(11)17(20)19-18-12(2)13-7-8-15-16(9-13)22-10-21-15/h3-9H,10H2,1-2H3,(H,19,20). The summed E-state index contributed by atoms with van der Waals surface area (Å²) >= 11 is 0. The monoisotopic (exact) mass is 296 g/mol. The third-order valence-electron chi connectivity index (χ3n) is 3.51. The number of hydrogen-bond acceptors (Lipinski definition) is 4. The van der Waals surface area contributed by atoms with Crippen LogP contribution in [-0.4, -0.2) is 18.4 Å². The molecule has 0 atom stereocenters. The minimum atomic E-state index is -0.224. The van der Waals surface area contributed by atoms with Gasteiger partial charge in [-0.3, -0.25) is 4.79 Å². The van der Waals surface area contributed by atoms with Crippen LogP contribution in [0.5, 0.6) is 11.5 Å². The fourth-order valence-electron chi connectivity index (χ4n) is 2.21. The Morgan fingerprint density at radius 1 is 1.14 bits per heavy atom. The number of rotatable bonds is 3. The quantitative estimate of drug-likeness (QED) is 0.700. The summed E-state index contributed by atoms with van der Waals surface area (Å²) in [6.45, 7) is 3.96. The number of benzene rings is 2. The van der Waals surface area contributed by atoms with Gasteiger partial charge < -0.3 is 9.47 Å². The molecular formula is C17H16N2O3. The van der Waals surface area contributed by atoms with Gasteiger partial charge in [-0.2, -0.15) is 5.10 Å². The number of nitrogens with one attached hydrogen (secondary N) is 1. The molecule has 1 N–H and O–H groups in total. The highest BCUT2D eigenvalue weighted by Gasteiger charge is 2.14. The molecule has 22 heavy (non-hydrogen) atoms. The zero-order valence-electron chi connectivity index (χ0n) is 12.4. The smallest absolute Gasteiger partial charge is 0.271 e. The Bertz CT molecular complexity index is 753. The molecule has 0 saturated heterocycles. The average molecular weight is 296 g/mol. The van der Waals surface area contributed by atoms with Crippen molar-refractivity contribution in [2.45, 2.75) is 13.8 Å². The zero-order chi connectivity index (χ0) is 15.5. The maximum Gasteiger partial charge on any atom is 0.271 e. The summed E-state index contributed by atoms with van der Waals surface area (Å²) in [5, 5.41) is 4.16. The lowest BCUT2D eigenvalue weighted by molar-refractivity contribution is 0.0954. The molecule has 0 radical (unpaired) electrons. The van der Waals surface area contributed by atoms with Crippen LogP contribution in [0.15, 0.2) is 47.6 Å². The molecule has 5 heteroatoms. The molecule has 1 aliphatic rings. The van der Waals surface area contributed by atoms with E-state index < -0.39 is 0 Å². The van der Waals surface area contributed by atoms with E-state index in [4.69, 9.17) is 9.47 Å². The van der Waals surface area contributed by atoms with E-state index in [1.807, 2.05) is 50.2 Å². The van der Waals surface area contributed by atoms with E-state index in [-0.39, 0.29) is 12.7 Å². The van der Waals surface area contributed by atoms with Gasteiger partial charge in [-0.25, -0.2) is 5.43 Å². The van der Waals surface area contributed by atoms with Crippen molar-refractivity contribution in [1.82, 2.24) is 5.43 Å². The van der Waals surface area contributed by atoms with Gasteiger partial charge in [-0.05, 0) is 43.7 Å². The van der Waals surface area contributed by atoms with Gasteiger partial charge in [0.05, 0.1) is 5.71 Å². The van der Waals surface area contributed by atoms with E-state index in [1.54, 1.807) is 6.07 Å². The molecule has 112 valence electrons. The summed E-state index contributed by atoms with van der Waals surface area (Å²) < 4.78 is 10.6. The Balaban J connectivity index is 1.75. The second-order valence-corrected chi connectivity index (χ2v) is 5.02. The number of hydrogen-bond donors (Lipinski definition) is 1. The summed E-state index contributed by atoms with van der Waals surface area (Å²) in [5.74, 6) is 1.19. The number of aryl methyl sites for hydroxylation is 1. The zero-order valence-corrected chi connectivity index (χ0v) is 12.4. The molecule has 3 rings (SSSR count). The van der Waals surface area contributed by atoms with Gasteiger partial charge in [0.25, 0.3) is 5.91 Å². The van der Waals surface area contributed by atoms with Crippen LogP contribution < -0.4 is 14.9 Å². The average Bonchev–Trinajstić information content (AvgIpc) is 3.00. The lowest BCUT2D eigenvalue weighted by atomic mass is 10.1. The molecule has 0 spiro atoms. The molecule has 5 nitrogen and oxygen atoms in total. The fraction of sp³-hybridized carbons (Fsp3) is 0.176. The van der Waals surface area contributed by atoms with E-state index in [0.717, 1.165) is 16.9 Å². The predicted molar refractivity (Wildman–Crippen MR) is 83.4 cm³/mol. The fourth-order valence-corrected chi connectivity index (χ4v) is 2.21. The van der Waals surface area contributed by atoms with E-state index in [9.17, 15) is 4.79 Å². The summed E-state index contributed by atoms with van der Waals surface area (Å²) in [4.78, 5) is 12.1. The van der Waals surface area contributed by atoms with Gasteiger partial charge in [-0.15, -0.1) is 0 Å². The topological polar surface area (TPSA) is 59.9 Å². The Morgan fingerprint density at radius 3 is 2.73 bits per heavy atom. The van der Waals surface area contributed by atoms with Crippen LogP contribution in [0.1, 0.15) is 28.4 Å². The number of hydrazone groups is 1. The van der Waals surface area contributed by atoms with Gasteiger partial charge in [0.2, 0.25) is 6.79 Å². The highest BCUT2D eigenvalue weighted by molar-refractivity contribution is 6.01. The Kier molecular flexibility index (Phi) is 3.78. The summed E-state index contributed by atoms with van der Waals surface area (Å²) in [5.41, 5.74) is 5.68. The lowest BCUT2D eigenvalue weighted by Gasteiger charge is -2.06. The van der Waals surface area contributed by atoms with Crippen LogP contribution in [0, 0.1) is 6.92 Å². The first-order valence-corrected chi connectivity index (χ1v) is 6.95. The SMILES string of the molecule is CC(=NNC(=O)c1ccccc1C)c1ccc2c(c1)OCO2. The van der Waals surface area contributed by atoms with E-state index in [0.29, 0.717) is 17.0 Å². The summed E-state index contributed by atoms with van der Waals surface area (Å²) in [6, 6.07) is 13.0. The normalized spacial score (nSPS) is 13.1. The molecule has 1 amide bonds.